The summed E-state index contributed by atoms with van der Waals surface area (Å²) in [5.74, 6) is -10.00. The van der Waals surface area contributed by atoms with Crippen molar-refractivity contribution in [2.24, 2.45) is 0 Å². The molecule has 0 heterocycles. The lowest BCUT2D eigenvalue weighted by molar-refractivity contribution is 0.381. The summed E-state index contributed by atoms with van der Waals surface area (Å²) >= 11 is 9.00. The van der Waals surface area contributed by atoms with Crippen LogP contribution in [0.4, 0.5) is 27.6 Å². The van der Waals surface area contributed by atoms with Crippen molar-refractivity contribution in [3.8, 4) is 0 Å². The summed E-state index contributed by atoms with van der Waals surface area (Å²) in [7, 11) is 0. The van der Waals surface area contributed by atoms with Gasteiger partial charge in [-0.3, -0.25) is 0 Å². The van der Waals surface area contributed by atoms with E-state index < -0.39 is 34.8 Å². The summed E-state index contributed by atoms with van der Waals surface area (Å²) in [5, 5.41) is 2.54. The predicted octanol–water partition coefficient (Wildman–Crippen LogP) is 5.41. The number of rotatable bonds is 3. The van der Waals surface area contributed by atoms with Gasteiger partial charge in [0.05, 0.1) is 5.02 Å². The molecule has 0 atom stereocenters. The smallest absolute Gasteiger partial charge is 0.200 e. The van der Waals surface area contributed by atoms with Crippen molar-refractivity contribution in [1.82, 2.24) is 0 Å². The maximum absolute atomic E-state index is 13.4. The summed E-state index contributed by atoms with van der Waals surface area (Å²) in [6, 6.07) is 4.66. The zero-order chi connectivity index (χ0) is 15.7. The molecule has 0 aliphatic rings. The molecule has 0 aromatic heterocycles. The zero-order valence-electron chi connectivity index (χ0n) is 10.1. The Kier molecular flexibility index (Phi) is 4.73. The number of hydrogen-bond donors (Lipinski definition) is 1. The lowest BCUT2D eigenvalue weighted by atomic mass is 10.2. The Morgan fingerprint density at radius 3 is 1.95 bits per heavy atom. The number of hydrogen-bond acceptors (Lipinski definition) is 1. The van der Waals surface area contributed by atoms with Crippen LogP contribution in [0.25, 0.3) is 0 Å². The first-order valence-corrected chi connectivity index (χ1v) is 6.69. The Morgan fingerprint density at radius 1 is 0.905 bits per heavy atom. The fourth-order valence-corrected chi connectivity index (χ4v) is 2.05. The molecule has 1 N–H and O–H groups in total. The summed E-state index contributed by atoms with van der Waals surface area (Å²) in [5.41, 5.74) is -0.572. The highest BCUT2D eigenvalue weighted by atomic mass is 79.9. The fourth-order valence-electron chi connectivity index (χ4n) is 1.60. The second kappa shape index (κ2) is 6.19. The van der Waals surface area contributed by atoms with Crippen molar-refractivity contribution in [2.45, 2.75) is 6.54 Å². The third kappa shape index (κ3) is 3.13. The van der Waals surface area contributed by atoms with E-state index in [1.807, 2.05) is 0 Å². The van der Waals surface area contributed by atoms with Crippen LogP contribution in [0.3, 0.4) is 0 Å². The minimum absolute atomic E-state index is 0.161. The second-order valence-corrected chi connectivity index (χ2v) is 5.31. The molecule has 2 rings (SSSR count). The van der Waals surface area contributed by atoms with Gasteiger partial charge in [0.15, 0.2) is 23.3 Å². The molecule has 0 aliphatic carbocycles. The highest BCUT2D eigenvalue weighted by Crippen LogP contribution is 2.28. The van der Waals surface area contributed by atoms with Gasteiger partial charge >= 0.3 is 0 Å². The van der Waals surface area contributed by atoms with Gasteiger partial charge in [0.25, 0.3) is 0 Å². The molecule has 0 spiro atoms. The molecule has 0 unspecified atom stereocenters. The van der Waals surface area contributed by atoms with Gasteiger partial charge in [-0.1, -0.05) is 17.7 Å². The van der Waals surface area contributed by atoms with Gasteiger partial charge in [-0.2, -0.15) is 0 Å². The third-order valence-corrected chi connectivity index (χ3v) is 3.90. The molecule has 1 nitrogen and oxygen atoms in total. The van der Waals surface area contributed by atoms with E-state index in [0.717, 1.165) is 0 Å². The molecular weight excluding hydrogens is 380 g/mol. The Morgan fingerprint density at radius 2 is 1.43 bits per heavy atom. The zero-order valence-corrected chi connectivity index (χ0v) is 12.4. The fraction of sp³-hybridized carbons (Fsp3) is 0.0769. The molecule has 0 bridgehead atoms. The molecule has 2 aromatic rings. The predicted molar refractivity (Wildman–Crippen MR) is 72.7 cm³/mol. The standard InChI is InChI=1S/C13H6BrClF5N/c14-6-2-1-5(3-7(6)15)4-21-13-11(19)9(17)8(16)10(18)12(13)20/h1-3,21H,4H2. The van der Waals surface area contributed by atoms with Crippen LogP contribution in [0.2, 0.25) is 5.02 Å². The number of nitrogens with one attached hydrogen (secondary N) is 1. The van der Waals surface area contributed by atoms with E-state index >= 15 is 0 Å². The van der Waals surface area contributed by atoms with E-state index in [4.69, 9.17) is 11.6 Å². The van der Waals surface area contributed by atoms with E-state index in [2.05, 4.69) is 21.2 Å². The van der Waals surface area contributed by atoms with Gasteiger partial charge in [0, 0.05) is 11.0 Å². The molecule has 0 saturated carbocycles. The Labute approximate surface area is 129 Å². The van der Waals surface area contributed by atoms with Crippen LogP contribution in [0.5, 0.6) is 0 Å². The van der Waals surface area contributed by atoms with Gasteiger partial charge in [-0.25, -0.2) is 22.0 Å². The van der Waals surface area contributed by atoms with Crippen LogP contribution in [0, 0.1) is 29.1 Å². The van der Waals surface area contributed by atoms with E-state index in [1.54, 1.807) is 12.1 Å². The summed E-state index contributed by atoms with van der Waals surface area (Å²) < 4.78 is 66.4. The SMILES string of the molecule is Fc1c(F)c(F)c(NCc2ccc(Br)c(Cl)c2)c(F)c1F. The van der Waals surface area contributed by atoms with Crippen LogP contribution < -0.4 is 5.32 Å². The van der Waals surface area contributed by atoms with Gasteiger partial charge in [-0.05, 0) is 33.6 Å². The highest BCUT2D eigenvalue weighted by molar-refractivity contribution is 9.10. The molecule has 0 radical (unpaired) electrons. The minimum atomic E-state index is -2.19. The maximum atomic E-state index is 13.4. The molecular formula is C13H6BrClF5N. The van der Waals surface area contributed by atoms with Crippen molar-refractivity contribution in [2.75, 3.05) is 5.32 Å². The monoisotopic (exact) mass is 385 g/mol. The molecule has 0 aliphatic heterocycles. The lowest BCUT2D eigenvalue weighted by Gasteiger charge is -2.11. The van der Waals surface area contributed by atoms with Crippen molar-refractivity contribution in [3.63, 3.8) is 0 Å². The van der Waals surface area contributed by atoms with Gasteiger partial charge < -0.3 is 5.32 Å². The summed E-state index contributed by atoms with van der Waals surface area (Å²) in [4.78, 5) is 0. The number of halogens is 7. The number of anilines is 1. The van der Waals surface area contributed by atoms with Crippen LogP contribution in [0.15, 0.2) is 22.7 Å². The molecule has 0 amide bonds. The largest absolute Gasteiger partial charge is 0.376 e. The normalized spacial score (nSPS) is 10.8. The molecule has 21 heavy (non-hydrogen) atoms. The lowest BCUT2D eigenvalue weighted by Crippen LogP contribution is -2.09. The van der Waals surface area contributed by atoms with Gasteiger partial charge in [-0.15, -0.1) is 0 Å². The summed E-state index contributed by atoms with van der Waals surface area (Å²) in [6.45, 7) is -0.161. The van der Waals surface area contributed by atoms with Crippen molar-refractivity contribution in [1.29, 1.82) is 0 Å². The van der Waals surface area contributed by atoms with Crippen LogP contribution in [-0.2, 0) is 6.54 Å². The molecule has 2 aromatic carbocycles. The van der Waals surface area contributed by atoms with Crippen molar-refractivity contribution >= 4 is 33.2 Å². The average Bonchev–Trinajstić information content (AvgIpc) is 2.46. The van der Waals surface area contributed by atoms with E-state index in [1.165, 1.54) is 6.07 Å². The quantitative estimate of drug-likeness (QED) is 0.422. The highest BCUT2D eigenvalue weighted by Gasteiger charge is 2.25. The van der Waals surface area contributed by atoms with E-state index in [-0.39, 0.29) is 6.54 Å². The third-order valence-electron chi connectivity index (χ3n) is 2.66. The molecule has 0 fully saturated rings. The maximum Gasteiger partial charge on any atom is 0.200 e. The molecule has 8 heteroatoms. The van der Waals surface area contributed by atoms with Crippen molar-refractivity contribution < 1.29 is 22.0 Å². The second-order valence-electron chi connectivity index (χ2n) is 4.05. The van der Waals surface area contributed by atoms with Gasteiger partial charge in [0.2, 0.25) is 5.82 Å². The molecule has 112 valence electrons. The van der Waals surface area contributed by atoms with E-state index in [0.29, 0.717) is 15.1 Å². The molecule has 0 saturated heterocycles. The minimum Gasteiger partial charge on any atom is -0.376 e. The Bertz CT molecular complexity index is 678. The van der Waals surface area contributed by atoms with Crippen LogP contribution in [-0.4, -0.2) is 0 Å². The first-order chi connectivity index (χ1) is 9.82. The van der Waals surface area contributed by atoms with Crippen LogP contribution in [0.1, 0.15) is 5.56 Å². The van der Waals surface area contributed by atoms with E-state index in [9.17, 15) is 22.0 Å². The first-order valence-electron chi connectivity index (χ1n) is 5.52. The average molecular weight is 387 g/mol. The first kappa shape index (κ1) is 16.0. The Balaban J connectivity index is 2.30. The number of benzene rings is 2. The van der Waals surface area contributed by atoms with Crippen molar-refractivity contribution in [3.05, 3.63) is 62.3 Å². The Hall–Kier alpha value is -1.34. The van der Waals surface area contributed by atoms with Crippen LogP contribution >= 0.6 is 27.5 Å². The summed E-state index contributed by atoms with van der Waals surface area (Å²) in [6.07, 6.45) is 0. The topological polar surface area (TPSA) is 12.0 Å². The van der Waals surface area contributed by atoms with Gasteiger partial charge in [0.1, 0.15) is 5.69 Å².